The molecular weight excluding hydrogens is 346 g/mol. The third-order valence-electron chi connectivity index (χ3n) is 3.05. The van der Waals surface area contributed by atoms with E-state index in [9.17, 15) is 0 Å². The van der Waals surface area contributed by atoms with Gasteiger partial charge in [0.05, 0.1) is 22.9 Å². The van der Waals surface area contributed by atoms with Crippen LogP contribution in [0.15, 0.2) is 52.4 Å². The van der Waals surface area contributed by atoms with Crippen LogP contribution in [0.3, 0.4) is 0 Å². The van der Waals surface area contributed by atoms with Gasteiger partial charge >= 0.3 is 0 Å². The minimum Gasteiger partial charge on any atom is -0.379 e. The summed E-state index contributed by atoms with van der Waals surface area (Å²) in [7, 11) is 0. The van der Waals surface area contributed by atoms with E-state index in [1.54, 1.807) is 11.3 Å². The quantitative estimate of drug-likeness (QED) is 0.674. The third-order valence-corrected chi connectivity index (χ3v) is 4.26. The molecule has 0 aliphatic heterocycles. The third kappa shape index (κ3) is 3.68. The lowest BCUT2D eigenvalue weighted by Gasteiger charge is -2.07. The molecule has 1 N–H and O–H groups in total. The van der Waals surface area contributed by atoms with E-state index in [1.807, 2.05) is 25.1 Å². The first-order valence-corrected chi connectivity index (χ1v) is 8.26. The topological polar surface area (TPSA) is 37.8 Å². The molecule has 0 amide bonds. The summed E-state index contributed by atoms with van der Waals surface area (Å²) in [4.78, 5) is 8.90. The van der Waals surface area contributed by atoms with Crippen molar-refractivity contribution in [3.63, 3.8) is 0 Å². The van der Waals surface area contributed by atoms with Crippen LogP contribution in [0, 0.1) is 6.92 Å². The Labute approximate surface area is 136 Å². The molecule has 0 saturated carbocycles. The van der Waals surface area contributed by atoms with Crippen molar-refractivity contribution in [3.05, 3.63) is 63.1 Å². The lowest BCUT2D eigenvalue weighted by atomic mass is 10.1. The SMILES string of the molecule is Cc1nc(-c2ccc(NCc3cccc(Br)n3)cc2)cs1. The van der Waals surface area contributed by atoms with E-state index in [-0.39, 0.29) is 0 Å². The highest BCUT2D eigenvalue weighted by Crippen LogP contribution is 2.23. The molecule has 0 bridgehead atoms. The zero-order valence-electron chi connectivity index (χ0n) is 11.5. The molecule has 5 heteroatoms. The predicted molar refractivity (Wildman–Crippen MR) is 91.6 cm³/mol. The number of hydrogen-bond donors (Lipinski definition) is 1. The molecule has 0 aliphatic rings. The van der Waals surface area contributed by atoms with Gasteiger partial charge in [-0.3, -0.25) is 0 Å². The molecule has 0 unspecified atom stereocenters. The summed E-state index contributed by atoms with van der Waals surface area (Å²) in [6.45, 7) is 2.73. The molecule has 0 aliphatic carbocycles. The first kappa shape index (κ1) is 14.2. The molecule has 0 spiro atoms. The average Bonchev–Trinajstić information content (AvgIpc) is 2.92. The molecule has 2 aromatic heterocycles. The highest BCUT2D eigenvalue weighted by atomic mass is 79.9. The van der Waals surface area contributed by atoms with Crippen molar-refractivity contribution in [2.24, 2.45) is 0 Å². The van der Waals surface area contributed by atoms with Gasteiger partial charge in [-0.05, 0) is 47.1 Å². The van der Waals surface area contributed by atoms with Crippen molar-refractivity contribution in [1.29, 1.82) is 0 Å². The molecule has 21 heavy (non-hydrogen) atoms. The lowest BCUT2D eigenvalue weighted by Crippen LogP contribution is -2.01. The summed E-state index contributed by atoms with van der Waals surface area (Å²) in [5.74, 6) is 0. The van der Waals surface area contributed by atoms with Crippen LogP contribution in [-0.4, -0.2) is 9.97 Å². The molecule has 3 rings (SSSR count). The summed E-state index contributed by atoms with van der Waals surface area (Å²) in [5.41, 5.74) is 4.26. The van der Waals surface area contributed by atoms with Gasteiger partial charge in [-0.25, -0.2) is 9.97 Å². The van der Waals surface area contributed by atoms with Crippen molar-refractivity contribution in [3.8, 4) is 11.3 Å². The fourth-order valence-electron chi connectivity index (χ4n) is 2.00. The Morgan fingerprint density at radius 1 is 1.10 bits per heavy atom. The van der Waals surface area contributed by atoms with Gasteiger partial charge in [-0.15, -0.1) is 11.3 Å². The van der Waals surface area contributed by atoms with E-state index >= 15 is 0 Å². The number of rotatable bonds is 4. The summed E-state index contributed by atoms with van der Waals surface area (Å²) < 4.78 is 0.857. The molecule has 3 aromatic rings. The standard InChI is InChI=1S/C16H14BrN3S/c1-11-19-15(10-21-11)12-5-7-13(8-6-12)18-9-14-3-2-4-16(17)20-14/h2-8,10,18H,9H2,1H3. The number of thiazole rings is 1. The first-order valence-electron chi connectivity index (χ1n) is 6.58. The molecule has 1 aromatic carbocycles. The second-order valence-electron chi connectivity index (χ2n) is 4.63. The van der Waals surface area contributed by atoms with Gasteiger partial charge in [0.2, 0.25) is 0 Å². The molecule has 106 valence electrons. The second kappa shape index (κ2) is 6.37. The van der Waals surface area contributed by atoms with E-state index < -0.39 is 0 Å². The molecule has 0 radical (unpaired) electrons. The van der Waals surface area contributed by atoms with Gasteiger partial charge < -0.3 is 5.32 Å². The van der Waals surface area contributed by atoms with Crippen molar-refractivity contribution in [1.82, 2.24) is 9.97 Å². The summed E-state index contributed by atoms with van der Waals surface area (Å²) >= 11 is 5.05. The van der Waals surface area contributed by atoms with Gasteiger partial charge in [0.25, 0.3) is 0 Å². The average molecular weight is 360 g/mol. The van der Waals surface area contributed by atoms with Crippen molar-refractivity contribution in [2.45, 2.75) is 13.5 Å². The number of benzene rings is 1. The van der Waals surface area contributed by atoms with Gasteiger partial charge in [0, 0.05) is 16.6 Å². The van der Waals surface area contributed by atoms with Gasteiger partial charge in [0.1, 0.15) is 4.60 Å². The minimum atomic E-state index is 0.703. The Morgan fingerprint density at radius 3 is 2.57 bits per heavy atom. The van der Waals surface area contributed by atoms with Crippen molar-refractivity contribution >= 4 is 33.0 Å². The normalized spacial score (nSPS) is 10.6. The monoisotopic (exact) mass is 359 g/mol. The van der Waals surface area contributed by atoms with Gasteiger partial charge in [-0.2, -0.15) is 0 Å². The molecule has 0 atom stereocenters. The number of aryl methyl sites for hydroxylation is 1. The largest absolute Gasteiger partial charge is 0.379 e. The van der Waals surface area contributed by atoms with Crippen LogP contribution < -0.4 is 5.32 Å². The van der Waals surface area contributed by atoms with Crippen LogP contribution in [0.2, 0.25) is 0 Å². The van der Waals surface area contributed by atoms with E-state index in [0.29, 0.717) is 6.54 Å². The van der Waals surface area contributed by atoms with Crippen LogP contribution in [0.25, 0.3) is 11.3 Å². The number of hydrogen-bond acceptors (Lipinski definition) is 4. The molecular formula is C16H14BrN3S. The second-order valence-corrected chi connectivity index (χ2v) is 6.51. The number of aromatic nitrogens is 2. The van der Waals surface area contributed by atoms with Gasteiger partial charge in [-0.1, -0.05) is 18.2 Å². The minimum absolute atomic E-state index is 0.703. The first-order chi connectivity index (χ1) is 10.2. The predicted octanol–water partition coefficient (Wildman–Crippen LogP) is 4.89. The Kier molecular flexibility index (Phi) is 4.31. The van der Waals surface area contributed by atoms with E-state index in [2.05, 4.69) is 60.9 Å². The summed E-state index contributed by atoms with van der Waals surface area (Å²) in [5, 5.41) is 6.55. The Balaban J connectivity index is 1.67. The van der Waals surface area contributed by atoms with E-state index in [1.165, 1.54) is 0 Å². The number of halogens is 1. The zero-order valence-corrected chi connectivity index (χ0v) is 13.9. The summed E-state index contributed by atoms with van der Waals surface area (Å²) in [6.07, 6.45) is 0. The van der Waals surface area contributed by atoms with Crippen molar-refractivity contribution < 1.29 is 0 Å². The van der Waals surface area contributed by atoms with Crippen LogP contribution in [0.5, 0.6) is 0 Å². The van der Waals surface area contributed by atoms with E-state index in [0.717, 1.165) is 32.2 Å². The van der Waals surface area contributed by atoms with Crippen LogP contribution in [-0.2, 0) is 6.54 Å². The van der Waals surface area contributed by atoms with Crippen LogP contribution >= 0.6 is 27.3 Å². The molecule has 2 heterocycles. The Morgan fingerprint density at radius 2 is 1.90 bits per heavy atom. The molecule has 0 fully saturated rings. The highest BCUT2D eigenvalue weighted by molar-refractivity contribution is 9.10. The maximum atomic E-state index is 4.50. The number of anilines is 1. The van der Waals surface area contributed by atoms with Crippen molar-refractivity contribution in [2.75, 3.05) is 5.32 Å². The van der Waals surface area contributed by atoms with Crippen LogP contribution in [0.4, 0.5) is 5.69 Å². The maximum Gasteiger partial charge on any atom is 0.106 e. The Hall–Kier alpha value is -1.72. The molecule has 3 nitrogen and oxygen atoms in total. The smallest absolute Gasteiger partial charge is 0.106 e. The number of nitrogens with one attached hydrogen (secondary N) is 1. The lowest BCUT2D eigenvalue weighted by molar-refractivity contribution is 1.03. The number of nitrogens with zero attached hydrogens (tertiary/aromatic N) is 2. The van der Waals surface area contributed by atoms with E-state index in [4.69, 9.17) is 0 Å². The maximum absolute atomic E-state index is 4.50. The van der Waals surface area contributed by atoms with Gasteiger partial charge in [0.15, 0.2) is 0 Å². The van der Waals surface area contributed by atoms with Crippen LogP contribution in [0.1, 0.15) is 10.7 Å². The fourth-order valence-corrected chi connectivity index (χ4v) is 3.00. The summed E-state index contributed by atoms with van der Waals surface area (Å²) in [6, 6.07) is 14.2. The zero-order chi connectivity index (χ0) is 14.7. The number of pyridine rings is 1. The Bertz CT molecular complexity index is 737. The highest BCUT2D eigenvalue weighted by Gasteiger charge is 2.02. The molecule has 0 saturated heterocycles. The fraction of sp³-hybridized carbons (Fsp3) is 0.125.